The zero-order valence-electron chi connectivity index (χ0n) is 16.1. The van der Waals surface area contributed by atoms with Crippen molar-refractivity contribution in [1.29, 1.82) is 0 Å². The van der Waals surface area contributed by atoms with Gasteiger partial charge in [-0.2, -0.15) is 0 Å². The highest BCUT2D eigenvalue weighted by Gasteiger charge is 2.17. The third-order valence-corrected chi connectivity index (χ3v) is 4.82. The Morgan fingerprint density at radius 1 is 1.19 bits per heavy atom. The number of carbonyl (C=O) groups is 1. The van der Waals surface area contributed by atoms with Gasteiger partial charge in [-0.3, -0.25) is 4.79 Å². The van der Waals surface area contributed by atoms with Crippen LogP contribution in [0.1, 0.15) is 26.7 Å². The minimum atomic E-state index is -3.84. The molecule has 0 radical (unpaired) electrons. The maximum atomic E-state index is 12.6. The Kier molecular flexibility index (Phi) is 9.76. The molecule has 152 valence electrons. The molecule has 3 N–H and O–H groups in total. The van der Waals surface area contributed by atoms with Crippen LogP contribution >= 0.6 is 0 Å². The van der Waals surface area contributed by atoms with Gasteiger partial charge in [-0.25, -0.2) is 18.1 Å². The molecule has 0 atom stereocenters. The lowest BCUT2D eigenvalue weighted by Gasteiger charge is -2.15. The number of hydrogen-bond donors (Lipinski definition) is 3. The zero-order chi connectivity index (χ0) is 20.3. The smallest absolute Gasteiger partial charge is 0.264 e. The van der Waals surface area contributed by atoms with E-state index in [-0.39, 0.29) is 23.3 Å². The summed E-state index contributed by atoms with van der Waals surface area (Å²) in [7, 11) is -0.879. The van der Waals surface area contributed by atoms with Crippen molar-refractivity contribution >= 4 is 27.6 Å². The quantitative estimate of drug-likeness (QED) is 0.236. The highest BCUT2D eigenvalue weighted by molar-refractivity contribution is 7.90. The van der Waals surface area contributed by atoms with E-state index in [1.165, 1.54) is 45.4 Å². The van der Waals surface area contributed by atoms with E-state index < -0.39 is 16.3 Å². The molecule has 10 heteroatoms. The number of guanidine groups is 1. The van der Waals surface area contributed by atoms with Crippen molar-refractivity contribution in [3.8, 4) is 0 Å². The van der Waals surface area contributed by atoms with E-state index in [0.29, 0.717) is 12.2 Å². The summed E-state index contributed by atoms with van der Waals surface area (Å²) in [6.45, 7) is 4.12. The van der Waals surface area contributed by atoms with Gasteiger partial charge in [0, 0.05) is 33.4 Å². The predicted octanol–water partition coefficient (Wildman–Crippen LogP) is 1.29. The molecule has 1 aromatic carbocycles. The fourth-order valence-electron chi connectivity index (χ4n) is 2.03. The number of nitrogens with one attached hydrogen (secondary N) is 3. The lowest BCUT2D eigenvalue weighted by Crippen LogP contribution is -2.42. The molecule has 0 fully saturated rings. The third-order valence-electron chi connectivity index (χ3n) is 3.46. The van der Waals surface area contributed by atoms with E-state index in [1.807, 2.05) is 6.92 Å². The second-order valence-corrected chi connectivity index (χ2v) is 7.36. The van der Waals surface area contributed by atoms with E-state index in [0.717, 1.165) is 12.8 Å². The van der Waals surface area contributed by atoms with E-state index >= 15 is 0 Å². The van der Waals surface area contributed by atoms with Crippen LogP contribution in [-0.2, 0) is 24.3 Å². The molecule has 0 heterocycles. The van der Waals surface area contributed by atoms with Crippen LogP contribution in [0.5, 0.6) is 0 Å². The minimum absolute atomic E-state index is 0.0524. The van der Waals surface area contributed by atoms with Gasteiger partial charge in [0.2, 0.25) is 11.9 Å². The Morgan fingerprint density at radius 2 is 1.81 bits per heavy atom. The monoisotopic (exact) mass is 400 g/mol. The molecule has 0 saturated heterocycles. The van der Waals surface area contributed by atoms with Crippen LogP contribution < -0.4 is 15.4 Å². The number of aliphatic imine (C=N–C) groups is 1. The molecule has 1 rings (SSSR count). The number of rotatable bonds is 10. The van der Waals surface area contributed by atoms with Gasteiger partial charge in [-0.1, -0.05) is 13.3 Å². The summed E-state index contributed by atoms with van der Waals surface area (Å²) >= 11 is 0. The molecule has 1 aromatic rings. The molecule has 0 aliphatic carbocycles. The average molecular weight is 401 g/mol. The number of sulfonamides is 1. The Labute approximate surface area is 160 Å². The Balaban J connectivity index is 2.92. The molecule has 0 spiro atoms. The highest BCUT2D eigenvalue weighted by atomic mass is 32.2. The first-order valence-electron chi connectivity index (χ1n) is 8.56. The number of carbonyl (C=O) groups excluding carboxylic acids is 1. The van der Waals surface area contributed by atoms with Gasteiger partial charge in [-0.15, -0.1) is 0 Å². The molecule has 0 aliphatic rings. The van der Waals surface area contributed by atoms with Gasteiger partial charge in [-0.05, 0) is 30.7 Å². The van der Waals surface area contributed by atoms with Crippen LogP contribution in [-0.4, -0.2) is 53.9 Å². The Hall–Kier alpha value is -2.17. The van der Waals surface area contributed by atoms with Gasteiger partial charge >= 0.3 is 0 Å². The van der Waals surface area contributed by atoms with Crippen LogP contribution in [0.4, 0.5) is 5.69 Å². The first kappa shape index (κ1) is 22.9. The molecular formula is C17H28N4O5S. The SMILES string of the molecule is CCCCNC(=NCC(OC)OC)NS(=O)(=O)c1ccc(NC(C)=O)cc1. The molecule has 9 nitrogen and oxygen atoms in total. The van der Waals surface area contributed by atoms with Crippen molar-refractivity contribution < 1.29 is 22.7 Å². The van der Waals surface area contributed by atoms with Gasteiger partial charge in [0.1, 0.15) is 0 Å². The fourth-order valence-corrected chi connectivity index (χ4v) is 3.03. The van der Waals surface area contributed by atoms with E-state index in [4.69, 9.17) is 9.47 Å². The molecule has 0 aromatic heterocycles. The number of anilines is 1. The van der Waals surface area contributed by atoms with E-state index in [2.05, 4.69) is 20.3 Å². The number of hydrogen-bond acceptors (Lipinski definition) is 6. The lowest BCUT2D eigenvalue weighted by atomic mass is 10.3. The summed E-state index contributed by atoms with van der Waals surface area (Å²) < 4.78 is 37.8. The highest BCUT2D eigenvalue weighted by Crippen LogP contribution is 2.14. The number of benzene rings is 1. The maximum absolute atomic E-state index is 12.6. The lowest BCUT2D eigenvalue weighted by molar-refractivity contribution is -0.114. The van der Waals surface area contributed by atoms with Crippen molar-refractivity contribution in [3.05, 3.63) is 24.3 Å². The number of amides is 1. The predicted molar refractivity (Wildman–Crippen MR) is 104 cm³/mol. The summed E-state index contributed by atoms with van der Waals surface area (Å²) in [5.41, 5.74) is 0.513. The molecule has 0 saturated carbocycles. The third kappa shape index (κ3) is 8.37. The summed E-state index contributed by atoms with van der Waals surface area (Å²) in [6, 6.07) is 5.85. The number of methoxy groups -OCH3 is 2. The van der Waals surface area contributed by atoms with Crippen LogP contribution in [0.3, 0.4) is 0 Å². The van der Waals surface area contributed by atoms with Crippen LogP contribution in [0.2, 0.25) is 0 Å². The van der Waals surface area contributed by atoms with Crippen LogP contribution in [0.15, 0.2) is 34.2 Å². The molecular weight excluding hydrogens is 372 g/mol. The van der Waals surface area contributed by atoms with E-state index in [1.54, 1.807) is 0 Å². The Bertz CT molecular complexity index is 715. The second kappa shape index (κ2) is 11.5. The first-order valence-corrected chi connectivity index (χ1v) is 10.0. The summed E-state index contributed by atoms with van der Waals surface area (Å²) in [5.74, 6) is -0.113. The van der Waals surface area contributed by atoms with Gasteiger partial charge in [0.05, 0.1) is 11.4 Å². The number of ether oxygens (including phenoxy) is 2. The van der Waals surface area contributed by atoms with Gasteiger partial charge in [0.25, 0.3) is 10.0 Å². The van der Waals surface area contributed by atoms with Crippen molar-refractivity contribution in [2.24, 2.45) is 4.99 Å². The summed E-state index contributed by atoms with van der Waals surface area (Å²) in [5, 5.41) is 5.57. The molecule has 0 unspecified atom stereocenters. The van der Waals surface area contributed by atoms with Crippen molar-refractivity contribution in [3.63, 3.8) is 0 Å². The van der Waals surface area contributed by atoms with Gasteiger partial charge in [0.15, 0.2) is 6.29 Å². The van der Waals surface area contributed by atoms with Crippen LogP contribution in [0.25, 0.3) is 0 Å². The largest absolute Gasteiger partial charge is 0.356 e. The normalized spacial score (nSPS) is 12.1. The Morgan fingerprint density at radius 3 is 2.33 bits per heavy atom. The fraction of sp³-hybridized carbons (Fsp3) is 0.529. The summed E-state index contributed by atoms with van der Waals surface area (Å²) in [6.07, 6.45) is 1.25. The first-order chi connectivity index (χ1) is 12.8. The van der Waals surface area contributed by atoms with Crippen molar-refractivity contribution in [1.82, 2.24) is 10.0 Å². The molecule has 0 aliphatic heterocycles. The van der Waals surface area contributed by atoms with Gasteiger partial charge < -0.3 is 20.1 Å². The molecule has 0 bridgehead atoms. The zero-order valence-corrected chi connectivity index (χ0v) is 16.9. The van der Waals surface area contributed by atoms with Crippen molar-refractivity contribution in [2.45, 2.75) is 37.9 Å². The average Bonchev–Trinajstić information content (AvgIpc) is 2.62. The number of unbranched alkanes of at least 4 members (excludes halogenated alkanes) is 1. The second-order valence-electron chi connectivity index (χ2n) is 5.68. The van der Waals surface area contributed by atoms with Crippen LogP contribution in [0, 0.1) is 0 Å². The molecule has 1 amide bonds. The maximum Gasteiger partial charge on any atom is 0.264 e. The minimum Gasteiger partial charge on any atom is -0.356 e. The topological polar surface area (TPSA) is 118 Å². The standard InChI is InChI=1S/C17H28N4O5S/c1-5-6-11-18-17(19-12-16(25-3)26-4)21-27(23,24)15-9-7-14(8-10-15)20-13(2)22/h7-10,16H,5-6,11-12H2,1-4H3,(H,20,22)(H2,18,19,21). The van der Waals surface area contributed by atoms with E-state index in [9.17, 15) is 13.2 Å². The summed E-state index contributed by atoms with van der Waals surface area (Å²) in [4.78, 5) is 15.3. The van der Waals surface area contributed by atoms with Crippen molar-refractivity contribution in [2.75, 3.05) is 32.6 Å². The molecule has 27 heavy (non-hydrogen) atoms. The number of nitrogens with zero attached hydrogens (tertiary/aromatic N) is 1.